The van der Waals surface area contributed by atoms with Gasteiger partial charge in [0.2, 0.25) is 0 Å². The fourth-order valence-corrected chi connectivity index (χ4v) is 1.69. The van der Waals surface area contributed by atoms with Crippen LogP contribution in [0, 0.1) is 0 Å². The van der Waals surface area contributed by atoms with Gasteiger partial charge in [-0.05, 0) is 31.4 Å². The monoisotopic (exact) mass is 194 g/mol. The fourth-order valence-electron chi connectivity index (χ4n) is 1.69. The Hall–Kier alpha value is -1.09. The molecule has 0 spiro atoms. The second kappa shape index (κ2) is 4.42. The Kier molecular flexibility index (Phi) is 2.99. The van der Waals surface area contributed by atoms with Crippen LogP contribution in [0.25, 0.3) is 0 Å². The average Bonchev–Trinajstić information content (AvgIpc) is 2.72. The Bertz CT molecular complexity index is 283. The number of Topliss-reactive ketones (excluding diaryl/α,β-unsaturated/α-hetero) is 1. The molecule has 0 amide bonds. The highest BCUT2D eigenvalue weighted by atomic mass is 16.5. The first-order valence-corrected chi connectivity index (χ1v) is 5.03. The van der Waals surface area contributed by atoms with Crippen molar-refractivity contribution in [3.63, 3.8) is 0 Å². The summed E-state index contributed by atoms with van der Waals surface area (Å²) in [6.07, 6.45) is 4.77. The van der Waals surface area contributed by atoms with Crippen LogP contribution in [0.15, 0.2) is 22.8 Å². The van der Waals surface area contributed by atoms with Gasteiger partial charge < -0.3 is 9.15 Å². The summed E-state index contributed by atoms with van der Waals surface area (Å²) >= 11 is 0. The molecule has 1 fully saturated rings. The number of hydrogen-bond acceptors (Lipinski definition) is 3. The largest absolute Gasteiger partial charge is 0.469 e. The molecule has 1 saturated heterocycles. The third kappa shape index (κ3) is 2.23. The lowest BCUT2D eigenvalue weighted by molar-refractivity contribution is -0.132. The van der Waals surface area contributed by atoms with Gasteiger partial charge in [0, 0.05) is 6.61 Å². The first-order valence-electron chi connectivity index (χ1n) is 5.03. The number of carbonyl (C=O) groups is 1. The molecule has 1 atom stereocenters. The zero-order valence-electron chi connectivity index (χ0n) is 8.07. The van der Waals surface area contributed by atoms with Gasteiger partial charge in [0.25, 0.3) is 0 Å². The summed E-state index contributed by atoms with van der Waals surface area (Å²) in [5.41, 5.74) is 0. The van der Waals surface area contributed by atoms with Gasteiger partial charge >= 0.3 is 0 Å². The maximum Gasteiger partial charge on any atom is 0.169 e. The number of ketones is 1. The van der Waals surface area contributed by atoms with Gasteiger partial charge in [-0.2, -0.15) is 0 Å². The molecule has 14 heavy (non-hydrogen) atoms. The fraction of sp³-hybridized carbons (Fsp3) is 0.545. The van der Waals surface area contributed by atoms with Crippen LogP contribution in [0.4, 0.5) is 0 Å². The molecule has 0 bridgehead atoms. The summed E-state index contributed by atoms with van der Waals surface area (Å²) in [6.45, 7) is 0.717. The van der Waals surface area contributed by atoms with E-state index in [1.807, 2.05) is 6.07 Å². The molecule has 2 rings (SSSR count). The van der Waals surface area contributed by atoms with Crippen molar-refractivity contribution in [2.75, 3.05) is 6.61 Å². The minimum Gasteiger partial charge on any atom is -0.469 e. The Morgan fingerprint density at radius 1 is 1.50 bits per heavy atom. The number of carbonyl (C=O) groups excluding carboxylic acids is 1. The van der Waals surface area contributed by atoms with E-state index in [9.17, 15) is 4.79 Å². The van der Waals surface area contributed by atoms with Crippen LogP contribution >= 0.6 is 0 Å². The molecule has 1 aliphatic heterocycles. The van der Waals surface area contributed by atoms with E-state index in [0.717, 1.165) is 25.0 Å². The second-order valence-electron chi connectivity index (χ2n) is 3.58. The SMILES string of the molecule is O=C(Cc1ccco1)C1CCCCO1. The third-order valence-corrected chi connectivity index (χ3v) is 2.47. The molecule has 0 radical (unpaired) electrons. The minimum atomic E-state index is -0.200. The lowest BCUT2D eigenvalue weighted by Crippen LogP contribution is -2.29. The Morgan fingerprint density at radius 3 is 3.07 bits per heavy atom. The molecular formula is C11H14O3. The van der Waals surface area contributed by atoms with Crippen molar-refractivity contribution >= 4 is 5.78 Å². The zero-order chi connectivity index (χ0) is 9.80. The van der Waals surface area contributed by atoms with Crippen LogP contribution in [0.5, 0.6) is 0 Å². The highest BCUT2D eigenvalue weighted by Crippen LogP contribution is 2.15. The Morgan fingerprint density at radius 2 is 2.43 bits per heavy atom. The van der Waals surface area contributed by atoms with Crippen LogP contribution in [0.3, 0.4) is 0 Å². The summed E-state index contributed by atoms with van der Waals surface area (Å²) < 4.78 is 10.5. The molecular weight excluding hydrogens is 180 g/mol. The molecule has 0 aliphatic carbocycles. The van der Waals surface area contributed by atoms with Gasteiger partial charge in [0.05, 0.1) is 12.7 Å². The van der Waals surface area contributed by atoms with E-state index >= 15 is 0 Å². The van der Waals surface area contributed by atoms with Gasteiger partial charge in [-0.3, -0.25) is 4.79 Å². The zero-order valence-corrected chi connectivity index (χ0v) is 8.07. The lowest BCUT2D eigenvalue weighted by atomic mass is 10.0. The van der Waals surface area contributed by atoms with Gasteiger partial charge in [-0.1, -0.05) is 0 Å². The summed E-state index contributed by atoms with van der Waals surface area (Å²) in [5, 5.41) is 0. The molecule has 3 nitrogen and oxygen atoms in total. The number of ether oxygens (including phenoxy) is 1. The van der Waals surface area contributed by atoms with Crippen LogP contribution in [0.1, 0.15) is 25.0 Å². The second-order valence-corrected chi connectivity index (χ2v) is 3.58. The van der Waals surface area contributed by atoms with Crippen molar-refractivity contribution in [1.82, 2.24) is 0 Å². The van der Waals surface area contributed by atoms with Gasteiger partial charge in [-0.25, -0.2) is 0 Å². The Balaban J connectivity index is 1.88. The molecule has 1 unspecified atom stereocenters. The van der Waals surface area contributed by atoms with Crippen molar-refractivity contribution in [1.29, 1.82) is 0 Å². The number of furan rings is 1. The molecule has 0 aromatic carbocycles. The normalized spacial score (nSPS) is 22.1. The maximum atomic E-state index is 11.7. The smallest absolute Gasteiger partial charge is 0.169 e. The van der Waals surface area contributed by atoms with Crippen LogP contribution in [-0.4, -0.2) is 18.5 Å². The molecule has 0 N–H and O–H groups in total. The van der Waals surface area contributed by atoms with Gasteiger partial charge in [0.15, 0.2) is 5.78 Å². The van der Waals surface area contributed by atoms with Crippen LogP contribution < -0.4 is 0 Å². The standard InChI is InChI=1S/C11H14O3/c12-10(8-9-4-3-7-13-9)11-5-1-2-6-14-11/h3-4,7,11H,1-2,5-6,8H2. The molecule has 1 aliphatic rings. The Labute approximate surface area is 83.0 Å². The van der Waals surface area contributed by atoms with Crippen LogP contribution in [-0.2, 0) is 16.0 Å². The van der Waals surface area contributed by atoms with E-state index in [2.05, 4.69) is 0 Å². The van der Waals surface area contributed by atoms with E-state index in [1.165, 1.54) is 0 Å². The van der Waals surface area contributed by atoms with Crippen molar-refractivity contribution < 1.29 is 13.9 Å². The number of rotatable bonds is 3. The van der Waals surface area contributed by atoms with E-state index in [0.29, 0.717) is 13.0 Å². The van der Waals surface area contributed by atoms with E-state index in [4.69, 9.17) is 9.15 Å². The summed E-state index contributed by atoms with van der Waals surface area (Å²) in [5.74, 6) is 0.865. The summed E-state index contributed by atoms with van der Waals surface area (Å²) in [7, 11) is 0. The van der Waals surface area contributed by atoms with Crippen molar-refractivity contribution in [3.05, 3.63) is 24.2 Å². The average molecular weight is 194 g/mol. The van der Waals surface area contributed by atoms with Crippen molar-refractivity contribution in [3.8, 4) is 0 Å². The highest BCUT2D eigenvalue weighted by Gasteiger charge is 2.22. The third-order valence-electron chi connectivity index (χ3n) is 2.47. The lowest BCUT2D eigenvalue weighted by Gasteiger charge is -2.20. The predicted molar refractivity (Wildman–Crippen MR) is 51.0 cm³/mol. The molecule has 1 aromatic heterocycles. The first kappa shape index (κ1) is 9.46. The molecule has 0 saturated carbocycles. The van der Waals surface area contributed by atoms with Gasteiger partial charge in [-0.15, -0.1) is 0 Å². The van der Waals surface area contributed by atoms with E-state index in [-0.39, 0.29) is 11.9 Å². The quantitative estimate of drug-likeness (QED) is 0.738. The minimum absolute atomic E-state index is 0.139. The molecule has 3 heteroatoms. The predicted octanol–water partition coefficient (Wildman–Crippen LogP) is 1.96. The number of hydrogen-bond donors (Lipinski definition) is 0. The van der Waals surface area contributed by atoms with E-state index in [1.54, 1.807) is 12.3 Å². The van der Waals surface area contributed by atoms with Crippen molar-refractivity contribution in [2.24, 2.45) is 0 Å². The first-order chi connectivity index (χ1) is 6.86. The van der Waals surface area contributed by atoms with Crippen molar-refractivity contribution in [2.45, 2.75) is 31.8 Å². The maximum absolute atomic E-state index is 11.7. The molecule has 2 heterocycles. The van der Waals surface area contributed by atoms with E-state index < -0.39 is 0 Å². The molecule has 76 valence electrons. The summed E-state index contributed by atoms with van der Waals surface area (Å²) in [4.78, 5) is 11.7. The van der Waals surface area contributed by atoms with Crippen LogP contribution in [0.2, 0.25) is 0 Å². The topological polar surface area (TPSA) is 39.4 Å². The molecule has 1 aromatic rings. The van der Waals surface area contributed by atoms with Gasteiger partial charge in [0.1, 0.15) is 11.9 Å². The highest BCUT2D eigenvalue weighted by molar-refractivity contribution is 5.84. The summed E-state index contributed by atoms with van der Waals surface area (Å²) in [6, 6.07) is 3.62.